The second-order valence-corrected chi connectivity index (χ2v) is 7.02. The van der Waals surface area contributed by atoms with E-state index in [0.717, 1.165) is 37.1 Å². The van der Waals surface area contributed by atoms with Gasteiger partial charge in [0.15, 0.2) is 5.96 Å². The van der Waals surface area contributed by atoms with Gasteiger partial charge in [-0.25, -0.2) is 0 Å². The lowest BCUT2D eigenvalue weighted by Gasteiger charge is -2.20. The summed E-state index contributed by atoms with van der Waals surface area (Å²) in [6.07, 6.45) is 2.24. The molecule has 7 heteroatoms. The van der Waals surface area contributed by atoms with Gasteiger partial charge in [0, 0.05) is 38.9 Å². The van der Waals surface area contributed by atoms with E-state index in [0.29, 0.717) is 6.04 Å². The molecule has 1 aromatic rings. The molecule has 0 amide bonds. The first-order chi connectivity index (χ1) is 11.4. The van der Waals surface area contributed by atoms with Gasteiger partial charge in [-0.2, -0.15) is 5.10 Å². The molecule has 6 nitrogen and oxygen atoms in total. The monoisotopic (exact) mass is 462 g/mol. The van der Waals surface area contributed by atoms with E-state index in [1.807, 2.05) is 18.8 Å². The molecule has 2 heterocycles. The first kappa shape index (κ1) is 22.2. The van der Waals surface area contributed by atoms with Crippen molar-refractivity contribution in [2.45, 2.75) is 46.6 Å². The molecule has 0 aromatic carbocycles. The number of aliphatic imine (C=N–C) groups is 1. The fraction of sp³-hybridized carbons (Fsp3) is 0.778. The Bertz CT molecular complexity index is 568. The third-order valence-corrected chi connectivity index (χ3v) is 5.15. The number of aryl methyl sites for hydroxylation is 2. The molecule has 1 aliphatic rings. The third-order valence-electron chi connectivity index (χ3n) is 5.15. The van der Waals surface area contributed by atoms with E-state index in [2.05, 4.69) is 53.3 Å². The number of nitrogens with one attached hydrogen (secondary N) is 2. The first-order valence-corrected chi connectivity index (χ1v) is 9.13. The first-order valence-electron chi connectivity index (χ1n) is 9.13. The van der Waals surface area contributed by atoms with Gasteiger partial charge in [0.25, 0.3) is 0 Å². The zero-order chi connectivity index (χ0) is 17.7. The topological polar surface area (TPSA) is 57.5 Å². The van der Waals surface area contributed by atoms with Crippen molar-refractivity contribution in [1.82, 2.24) is 25.3 Å². The Balaban J connectivity index is 0.00000312. The molecular formula is C18H35IN6. The molecule has 0 radical (unpaired) electrons. The molecule has 1 aliphatic heterocycles. The lowest BCUT2D eigenvalue weighted by Crippen LogP contribution is -2.44. The highest BCUT2D eigenvalue weighted by Gasteiger charge is 2.21. The number of guanidine groups is 1. The summed E-state index contributed by atoms with van der Waals surface area (Å²) < 4.78 is 1.96. The van der Waals surface area contributed by atoms with Crippen LogP contribution in [-0.2, 0) is 13.5 Å². The van der Waals surface area contributed by atoms with E-state index < -0.39 is 0 Å². The highest BCUT2D eigenvalue weighted by molar-refractivity contribution is 14.0. The van der Waals surface area contributed by atoms with Gasteiger partial charge in [0.2, 0.25) is 0 Å². The quantitative estimate of drug-likeness (QED) is 0.386. The van der Waals surface area contributed by atoms with Crippen LogP contribution in [0.25, 0.3) is 0 Å². The van der Waals surface area contributed by atoms with Crippen molar-refractivity contribution in [1.29, 1.82) is 0 Å². The molecule has 2 rings (SSSR count). The van der Waals surface area contributed by atoms with Crippen LogP contribution in [0.1, 0.15) is 37.2 Å². The Hall–Kier alpha value is -0.830. The van der Waals surface area contributed by atoms with Crippen LogP contribution in [0.15, 0.2) is 4.99 Å². The van der Waals surface area contributed by atoms with Crippen LogP contribution in [0.4, 0.5) is 0 Å². The standard InChI is InChI=1S/C18H34N6.HI/c1-7-24-9-8-16(12-24)11-20-18(19-5)21-13(2)10-17-14(3)22-23(6)15(17)4;/h13,16H,7-12H2,1-6H3,(H2,19,20,21);1H. The lowest BCUT2D eigenvalue weighted by molar-refractivity contribution is 0.341. The van der Waals surface area contributed by atoms with Crippen molar-refractivity contribution in [3.63, 3.8) is 0 Å². The number of nitrogens with zero attached hydrogens (tertiary/aromatic N) is 4. The minimum absolute atomic E-state index is 0. The molecule has 25 heavy (non-hydrogen) atoms. The molecule has 2 atom stereocenters. The second-order valence-electron chi connectivity index (χ2n) is 7.02. The number of hydrogen-bond acceptors (Lipinski definition) is 3. The zero-order valence-corrected chi connectivity index (χ0v) is 18.9. The summed E-state index contributed by atoms with van der Waals surface area (Å²) in [5, 5.41) is 11.5. The van der Waals surface area contributed by atoms with Gasteiger partial charge < -0.3 is 15.5 Å². The maximum absolute atomic E-state index is 4.51. The molecule has 1 aromatic heterocycles. The lowest BCUT2D eigenvalue weighted by atomic mass is 10.1. The molecule has 144 valence electrons. The highest BCUT2D eigenvalue weighted by atomic mass is 127. The van der Waals surface area contributed by atoms with E-state index in [-0.39, 0.29) is 24.0 Å². The average Bonchev–Trinajstić information content (AvgIpc) is 3.11. The summed E-state index contributed by atoms with van der Waals surface area (Å²) in [6, 6.07) is 0.313. The molecule has 2 unspecified atom stereocenters. The number of hydrogen-bond donors (Lipinski definition) is 2. The summed E-state index contributed by atoms with van der Waals surface area (Å²) >= 11 is 0. The second kappa shape index (κ2) is 10.4. The van der Waals surface area contributed by atoms with E-state index in [4.69, 9.17) is 0 Å². The zero-order valence-electron chi connectivity index (χ0n) is 16.6. The van der Waals surface area contributed by atoms with Gasteiger partial charge in [-0.3, -0.25) is 9.67 Å². The fourth-order valence-electron chi connectivity index (χ4n) is 3.51. The van der Waals surface area contributed by atoms with Crippen LogP contribution < -0.4 is 10.6 Å². The fourth-order valence-corrected chi connectivity index (χ4v) is 3.51. The summed E-state index contributed by atoms with van der Waals surface area (Å²) in [7, 11) is 3.85. The number of aromatic nitrogens is 2. The van der Waals surface area contributed by atoms with E-state index in [1.165, 1.54) is 30.8 Å². The van der Waals surface area contributed by atoms with Crippen LogP contribution in [-0.4, -0.2) is 59.9 Å². The van der Waals surface area contributed by atoms with Gasteiger partial charge in [-0.05, 0) is 58.2 Å². The van der Waals surface area contributed by atoms with Crippen LogP contribution in [0, 0.1) is 19.8 Å². The van der Waals surface area contributed by atoms with Crippen molar-refractivity contribution >= 4 is 29.9 Å². The number of likely N-dealkylation sites (tertiary alicyclic amines) is 1. The van der Waals surface area contributed by atoms with Gasteiger partial charge in [-0.15, -0.1) is 24.0 Å². The number of rotatable bonds is 6. The van der Waals surface area contributed by atoms with Crippen molar-refractivity contribution in [3.05, 3.63) is 17.0 Å². The van der Waals surface area contributed by atoms with Crippen molar-refractivity contribution < 1.29 is 0 Å². The smallest absolute Gasteiger partial charge is 0.191 e. The average molecular weight is 462 g/mol. The van der Waals surface area contributed by atoms with E-state index >= 15 is 0 Å². The van der Waals surface area contributed by atoms with E-state index in [9.17, 15) is 0 Å². The van der Waals surface area contributed by atoms with Gasteiger partial charge in [-0.1, -0.05) is 6.92 Å². The Labute approximate surface area is 169 Å². The van der Waals surface area contributed by atoms with Crippen LogP contribution in [0.3, 0.4) is 0 Å². The van der Waals surface area contributed by atoms with Gasteiger partial charge in [0.05, 0.1) is 5.69 Å². The number of halogens is 1. The summed E-state index contributed by atoms with van der Waals surface area (Å²) in [5.41, 5.74) is 3.70. The van der Waals surface area contributed by atoms with Crippen molar-refractivity contribution in [2.75, 3.05) is 33.2 Å². The highest BCUT2D eigenvalue weighted by Crippen LogP contribution is 2.15. The molecule has 1 saturated heterocycles. The maximum atomic E-state index is 4.51. The summed E-state index contributed by atoms with van der Waals surface area (Å²) in [6.45, 7) is 13.2. The molecule has 2 N–H and O–H groups in total. The van der Waals surface area contributed by atoms with Crippen molar-refractivity contribution in [3.8, 4) is 0 Å². The van der Waals surface area contributed by atoms with E-state index in [1.54, 1.807) is 0 Å². The largest absolute Gasteiger partial charge is 0.356 e. The van der Waals surface area contributed by atoms with Crippen LogP contribution in [0.2, 0.25) is 0 Å². The molecular weight excluding hydrogens is 427 g/mol. The minimum Gasteiger partial charge on any atom is -0.356 e. The molecule has 0 spiro atoms. The van der Waals surface area contributed by atoms with Crippen molar-refractivity contribution in [2.24, 2.45) is 18.0 Å². The molecule has 0 bridgehead atoms. The molecule has 0 aliphatic carbocycles. The Morgan fingerprint density at radius 3 is 2.64 bits per heavy atom. The Morgan fingerprint density at radius 2 is 2.12 bits per heavy atom. The van der Waals surface area contributed by atoms with Gasteiger partial charge in [0.1, 0.15) is 0 Å². The third kappa shape index (κ3) is 6.13. The summed E-state index contributed by atoms with van der Waals surface area (Å²) in [5.74, 6) is 1.62. The van der Waals surface area contributed by atoms with Crippen LogP contribution >= 0.6 is 24.0 Å². The molecule has 0 saturated carbocycles. The SMILES string of the molecule is CCN1CCC(CNC(=NC)NC(C)Cc2c(C)nn(C)c2C)C1.I. The summed E-state index contributed by atoms with van der Waals surface area (Å²) in [4.78, 5) is 6.89. The van der Waals surface area contributed by atoms with Crippen LogP contribution in [0.5, 0.6) is 0 Å². The van der Waals surface area contributed by atoms with Gasteiger partial charge >= 0.3 is 0 Å². The Morgan fingerprint density at radius 1 is 1.40 bits per heavy atom. The minimum atomic E-state index is 0. The molecule has 1 fully saturated rings. The Kier molecular flexibility index (Phi) is 9.20. The maximum Gasteiger partial charge on any atom is 0.191 e. The predicted octanol–water partition coefficient (Wildman–Crippen LogP) is 2.09. The normalized spacial score (nSPS) is 19.6. The predicted molar refractivity (Wildman–Crippen MR) is 116 cm³/mol.